The molecule has 3 rings (SSSR count). The molecule has 2 unspecified atom stereocenters. The minimum absolute atomic E-state index is 0.0449. The molecule has 1 aliphatic carbocycles. The third-order valence-corrected chi connectivity index (χ3v) is 7.05. The second-order valence-corrected chi connectivity index (χ2v) is 9.27. The van der Waals surface area contributed by atoms with E-state index in [4.69, 9.17) is 0 Å². The van der Waals surface area contributed by atoms with Crippen LogP contribution < -0.4 is 10.3 Å². The Morgan fingerprint density at radius 3 is 2.53 bits per heavy atom. The number of hydrogen-bond donors (Lipinski definition) is 3. The smallest absolute Gasteiger partial charge is 0.341 e. The first-order valence-electron chi connectivity index (χ1n) is 11.2. The molecule has 7 nitrogen and oxygen atoms in total. The summed E-state index contributed by atoms with van der Waals surface area (Å²) >= 11 is 0. The Hall–Kier alpha value is -2.45. The fourth-order valence-electron chi connectivity index (χ4n) is 4.59. The van der Waals surface area contributed by atoms with Gasteiger partial charge < -0.3 is 24.8 Å². The summed E-state index contributed by atoms with van der Waals surface area (Å²) in [6.45, 7) is 8.36. The second kappa shape index (κ2) is 9.19. The van der Waals surface area contributed by atoms with Gasteiger partial charge in [0.2, 0.25) is 5.43 Å². The summed E-state index contributed by atoms with van der Waals surface area (Å²) in [5.74, 6) is -2.02. The number of aliphatic hydroxyl groups excluding tert-OH is 2. The normalized spacial score (nSPS) is 16.7. The van der Waals surface area contributed by atoms with Gasteiger partial charge in [0.1, 0.15) is 11.4 Å². The van der Waals surface area contributed by atoms with Crippen LogP contribution in [0.15, 0.2) is 17.1 Å². The molecule has 1 fully saturated rings. The van der Waals surface area contributed by atoms with Gasteiger partial charge in [-0.05, 0) is 56.1 Å². The van der Waals surface area contributed by atoms with Gasteiger partial charge >= 0.3 is 5.97 Å². The van der Waals surface area contributed by atoms with E-state index in [1.807, 2.05) is 30.2 Å². The average molecular weight is 449 g/mol. The highest BCUT2D eigenvalue weighted by Crippen LogP contribution is 2.41. The number of carboxylic acids is 1. The molecule has 0 saturated heterocycles. The maximum absolute atomic E-state index is 15.5. The molecule has 0 spiro atoms. The fourth-order valence-corrected chi connectivity index (χ4v) is 4.59. The van der Waals surface area contributed by atoms with Crippen LogP contribution in [-0.2, 0) is 0 Å². The number of carboxylic acid groups (broad SMARTS) is 1. The standard InChI is InChI=1S/C24H33FN2O5/c1-5-26(13-24(4,8-9-28)14(2)12-29)21-15(3)20-17(10-19(21)25)22(30)18(23(31)32)11-27(20)16-6-7-16/h10-11,14,16,28-29H,5-9,12-13H2,1-4H3,(H,31,32). The van der Waals surface area contributed by atoms with Crippen molar-refractivity contribution in [3.63, 3.8) is 0 Å². The third kappa shape index (κ3) is 4.26. The monoisotopic (exact) mass is 448 g/mol. The van der Waals surface area contributed by atoms with Gasteiger partial charge in [0.25, 0.3) is 0 Å². The number of aromatic carboxylic acids is 1. The number of benzene rings is 1. The average Bonchev–Trinajstić information content (AvgIpc) is 3.58. The molecule has 1 aromatic carbocycles. The van der Waals surface area contributed by atoms with Crippen LogP contribution in [0.25, 0.3) is 10.9 Å². The maximum Gasteiger partial charge on any atom is 0.341 e. The van der Waals surface area contributed by atoms with Crippen molar-refractivity contribution in [1.29, 1.82) is 0 Å². The zero-order valence-corrected chi connectivity index (χ0v) is 19.2. The Morgan fingerprint density at radius 2 is 2.03 bits per heavy atom. The largest absolute Gasteiger partial charge is 0.477 e. The molecule has 0 radical (unpaired) electrons. The van der Waals surface area contributed by atoms with E-state index in [-0.39, 0.29) is 36.1 Å². The van der Waals surface area contributed by atoms with Crippen molar-refractivity contribution in [2.24, 2.45) is 11.3 Å². The van der Waals surface area contributed by atoms with Gasteiger partial charge in [-0.15, -0.1) is 0 Å². The predicted octanol–water partition coefficient (Wildman–Crippen LogP) is 3.33. The van der Waals surface area contributed by atoms with E-state index in [1.165, 1.54) is 6.20 Å². The summed E-state index contributed by atoms with van der Waals surface area (Å²) in [5.41, 5.74) is 0.0282. The number of carbonyl (C=O) groups is 1. The molecule has 1 aromatic heterocycles. The second-order valence-electron chi connectivity index (χ2n) is 9.27. The van der Waals surface area contributed by atoms with Gasteiger partial charge in [-0.25, -0.2) is 9.18 Å². The Balaban J connectivity index is 2.22. The van der Waals surface area contributed by atoms with Crippen LogP contribution >= 0.6 is 0 Å². The van der Waals surface area contributed by atoms with Crippen molar-refractivity contribution >= 4 is 22.6 Å². The van der Waals surface area contributed by atoms with E-state index < -0.39 is 22.6 Å². The molecule has 1 heterocycles. The number of pyridine rings is 1. The van der Waals surface area contributed by atoms with E-state index in [2.05, 4.69) is 0 Å². The minimum Gasteiger partial charge on any atom is -0.477 e. The number of halogens is 1. The number of aliphatic hydroxyl groups is 2. The number of aromatic nitrogens is 1. The van der Waals surface area contributed by atoms with Gasteiger partial charge in [0.05, 0.1) is 11.2 Å². The van der Waals surface area contributed by atoms with Gasteiger partial charge in [0.15, 0.2) is 0 Å². The van der Waals surface area contributed by atoms with Crippen molar-refractivity contribution in [2.45, 2.75) is 53.0 Å². The maximum atomic E-state index is 15.5. The highest BCUT2D eigenvalue weighted by atomic mass is 19.1. The summed E-state index contributed by atoms with van der Waals surface area (Å²) in [7, 11) is 0. The van der Waals surface area contributed by atoms with E-state index in [9.17, 15) is 24.9 Å². The number of fused-ring (bicyclic) bond motifs is 1. The summed E-state index contributed by atoms with van der Waals surface area (Å²) < 4.78 is 17.3. The highest BCUT2D eigenvalue weighted by molar-refractivity contribution is 5.95. The van der Waals surface area contributed by atoms with Gasteiger partial charge in [-0.2, -0.15) is 0 Å². The summed E-state index contributed by atoms with van der Waals surface area (Å²) in [5, 5.41) is 28.9. The molecule has 0 amide bonds. The van der Waals surface area contributed by atoms with Crippen LogP contribution in [-0.4, -0.2) is 52.2 Å². The van der Waals surface area contributed by atoms with Crippen molar-refractivity contribution in [2.75, 3.05) is 31.2 Å². The molecule has 0 aliphatic heterocycles. The number of anilines is 1. The van der Waals surface area contributed by atoms with Crippen LogP contribution in [0.4, 0.5) is 10.1 Å². The Labute approximate surface area is 187 Å². The Morgan fingerprint density at radius 1 is 1.38 bits per heavy atom. The summed E-state index contributed by atoms with van der Waals surface area (Å²) in [4.78, 5) is 26.3. The van der Waals surface area contributed by atoms with Gasteiger partial charge in [-0.1, -0.05) is 13.8 Å². The molecule has 2 aromatic rings. The SMILES string of the molecule is CCN(CC(C)(CCO)C(C)CO)c1c(F)cc2c(=O)c(C(=O)O)cn(C3CC3)c2c1C. The molecule has 2 atom stereocenters. The molecule has 3 N–H and O–H groups in total. The van der Waals surface area contributed by atoms with Crippen LogP contribution in [0.1, 0.15) is 62.0 Å². The minimum atomic E-state index is -1.32. The van der Waals surface area contributed by atoms with Crippen molar-refractivity contribution in [3.05, 3.63) is 39.4 Å². The van der Waals surface area contributed by atoms with E-state index in [1.54, 1.807) is 6.92 Å². The first-order chi connectivity index (χ1) is 15.1. The molecule has 1 saturated carbocycles. The molecule has 8 heteroatoms. The first-order valence-corrected chi connectivity index (χ1v) is 11.2. The van der Waals surface area contributed by atoms with E-state index in [0.29, 0.717) is 36.3 Å². The summed E-state index contributed by atoms with van der Waals surface area (Å²) in [6, 6.07) is 1.25. The predicted molar refractivity (Wildman–Crippen MR) is 122 cm³/mol. The molecule has 0 bridgehead atoms. The van der Waals surface area contributed by atoms with Crippen LogP contribution in [0.2, 0.25) is 0 Å². The molecule has 1 aliphatic rings. The van der Waals surface area contributed by atoms with Crippen molar-refractivity contribution in [1.82, 2.24) is 4.57 Å². The van der Waals surface area contributed by atoms with Crippen LogP contribution in [0.5, 0.6) is 0 Å². The van der Waals surface area contributed by atoms with E-state index in [0.717, 1.165) is 18.9 Å². The molecule has 176 valence electrons. The molecular formula is C24H33FN2O5. The topological polar surface area (TPSA) is 103 Å². The molecule has 32 heavy (non-hydrogen) atoms. The number of aryl methyl sites for hydroxylation is 1. The van der Waals surface area contributed by atoms with Crippen molar-refractivity contribution < 1.29 is 24.5 Å². The zero-order valence-electron chi connectivity index (χ0n) is 19.2. The lowest BCUT2D eigenvalue weighted by molar-refractivity contribution is 0.0694. The summed E-state index contributed by atoms with van der Waals surface area (Å²) in [6.07, 6.45) is 3.60. The lowest BCUT2D eigenvalue weighted by atomic mass is 9.75. The fraction of sp³-hybridized carbons (Fsp3) is 0.583. The van der Waals surface area contributed by atoms with Gasteiger partial charge in [-0.3, -0.25) is 4.79 Å². The third-order valence-electron chi connectivity index (χ3n) is 7.05. The number of rotatable bonds is 10. The lowest BCUT2D eigenvalue weighted by Crippen LogP contribution is -2.42. The Bertz CT molecular complexity index is 1080. The van der Waals surface area contributed by atoms with Crippen LogP contribution in [0, 0.1) is 24.1 Å². The first kappa shape index (κ1) is 24.2. The number of hydrogen-bond acceptors (Lipinski definition) is 5. The lowest BCUT2D eigenvalue weighted by Gasteiger charge is -2.40. The zero-order chi connectivity index (χ0) is 23.8. The Kier molecular flexibility index (Phi) is 6.95. The highest BCUT2D eigenvalue weighted by Gasteiger charge is 2.34. The van der Waals surface area contributed by atoms with Crippen LogP contribution in [0.3, 0.4) is 0 Å². The number of nitrogens with zero attached hydrogens (tertiary/aromatic N) is 2. The van der Waals surface area contributed by atoms with Gasteiger partial charge in [0, 0.05) is 43.9 Å². The quantitative estimate of drug-likeness (QED) is 0.515. The molecular weight excluding hydrogens is 415 g/mol. The van der Waals surface area contributed by atoms with Crippen molar-refractivity contribution in [3.8, 4) is 0 Å². The van der Waals surface area contributed by atoms with E-state index >= 15 is 4.39 Å².